The third-order valence-corrected chi connectivity index (χ3v) is 7.91. The molecular weight excluding hydrogens is 382 g/mol. The Labute approximate surface area is 186 Å². The molecule has 1 N–H and O–H groups in total. The number of amides is 1. The number of nitrogens with one attached hydrogen (secondary N) is 1. The first-order valence-corrected chi connectivity index (χ1v) is 11.9. The monoisotopic (exact) mass is 417 g/mol. The number of ether oxygens (including phenoxy) is 1. The van der Waals surface area contributed by atoms with E-state index in [0.29, 0.717) is 5.41 Å². The fourth-order valence-electron chi connectivity index (χ4n) is 6.77. The van der Waals surface area contributed by atoms with Crippen LogP contribution in [0.4, 0.5) is 5.69 Å². The topological polar surface area (TPSA) is 38.3 Å². The molecule has 0 radical (unpaired) electrons. The highest BCUT2D eigenvalue weighted by Crippen LogP contribution is 2.60. The molecule has 2 aromatic rings. The maximum Gasteiger partial charge on any atom is 0.262 e. The van der Waals surface area contributed by atoms with Crippen molar-refractivity contribution in [3.8, 4) is 5.75 Å². The molecule has 164 valence electrons. The van der Waals surface area contributed by atoms with Gasteiger partial charge in [-0.05, 0) is 103 Å². The molecule has 1 amide bonds. The number of benzene rings is 2. The van der Waals surface area contributed by atoms with E-state index in [1.54, 1.807) is 0 Å². The smallest absolute Gasteiger partial charge is 0.262 e. The summed E-state index contributed by atoms with van der Waals surface area (Å²) >= 11 is 0. The second-order valence-corrected chi connectivity index (χ2v) is 11.4. The summed E-state index contributed by atoms with van der Waals surface area (Å²) in [6.45, 7) is 6.58. The highest BCUT2D eigenvalue weighted by Gasteiger charge is 2.51. The van der Waals surface area contributed by atoms with E-state index in [0.717, 1.165) is 29.2 Å². The molecule has 0 aromatic heterocycles. The third kappa shape index (κ3) is 4.24. The summed E-state index contributed by atoms with van der Waals surface area (Å²) in [5.41, 5.74) is 4.10. The third-order valence-electron chi connectivity index (χ3n) is 7.91. The van der Waals surface area contributed by atoms with Gasteiger partial charge in [0.2, 0.25) is 0 Å². The first-order chi connectivity index (χ1) is 14.8. The van der Waals surface area contributed by atoms with Gasteiger partial charge in [0.25, 0.3) is 5.91 Å². The van der Waals surface area contributed by atoms with E-state index in [2.05, 4.69) is 62.5 Å². The highest BCUT2D eigenvalue weighted by molar-refractivity contribution is 5.91. The Kier molecular flexibility index (Phi) is 5.11. The van der Waals surface area contributed by atoms with E-state index in [9.17, 15) is 4.79 Å². The van der Waals surface area contributed by atoms with Crippen LogP contribution in [0.25, 0.3) is 0 Å². The van der Waals surface area contributed by atoms with Gasteiger partial charge in [-0.15, -0.1) is 0 Å². The van der Waals surface area contributed by atoms with Gasteiger partial charge >= 0.3 is 0 Å². The Hall–Kier alpha value is -2.29. The lowest BCUT2D eigenvalue weighted by molar-refractivity contribution is -0.118. The summed E-state index contributed by atoms with van der Waals surface area (Å²) in [4.78, 5) is 12.4. The van der Waals surface area contributed by atoms with Gasteiger partial charge in [-0.1, -0.05) is 45.0 Å². The molecule has 4 bridgehead atoms. The van der Waals surface area contributed by atoms with Gasteiger partial charge < -0.3 is 10.1 Å². The molecule has 4 aliphatic rings. The standard InChI is InChI=1S/C28H35NO2/c1-27(2,3)22-6-10-25(11-7-22)31-18-26(30)29-24-8-4-23(5-9-24)28-15-19-12-20(16-28)14-21(13-19)17-28/h4-11,19-21H,12-18H2,1-3H3,(H,29,30). The second kappa shape index (κ2) is 7.69. The summed E-state index contributed by atoms with van der Waals surface area (Å²) in [6.07, 6.45) is 8.50. The molecule has 0 unspecified atom stereocenters. The normalized spacial score (nSPS) is 29.1. The van der Waals surface area contributed by atoms with E-state index in [1.807, 2.05) is 12.1 Å². The molecule has 0 heterocycles. The summed E-state index contributed by atoms with van der Waals surface area (Å²) < 4.78 is 5.68. The van der Waals surface area contributed by atoms with Crippen molar-refractivity contribution in [3.63, 3.8) is 0 Å². The van der Waals surface area contributed by atoms with Crippen LogP contribution in [0.1, 0.15) is 70.4 Å². The van der Waals surface area contributed by atoms with Crippen LogP contribution in [-0.2, 0) is 15.6 Å². The molecule has 3 nitrogen and oxygen atoms in total. The van der Waals surface area contributed by atoms with Crippen LogP contribution in [-0.4, -0.2) is 12.5 Å². The van der Waals surface area contributed by atoms with Crippen LogP contribution in [0.15, 0.2) is 48.5 Å². The SMILES string of the molecule is CC(C)(C)c1ccc(OCC(=O)Nc2ccc(C34CC5CC(CC(C5)C3)C4)cc2)cc1. The second-order valence-electron chi connectivity index (χ2n) is 11.4. The predicted molar refractivity (Wildman–Crippen MR) is 126 cm³/mol. The zero-order chi connectivity index (χ0) is 21.6. The Balaban J connectivity index is 1.17. The molecule has 31 heavy (non-hydrogen) atoms. The first-order valence-electron chi connectivity index (χ1n) is 11.9. The minimum Gasteiger partial charge on any atom is -0.484 e. The number of anilines is 1. The Bertz CT molecular complexity index is 901. The van der Waals surface area contributed by atoms with Gasteiger partial charge in [0.1, 0.15) is 5.75 Å². The summed E-state index contributed by atoms with van der Waals surface area (Å²) in [6, 6.07) is 16.7. The molecule has 6 rings (SSSR count). The summed E-state index contributed by atoms with van der Waals surface area (Å²) in [7, 11) is 0. The van der Waals surface area contributed by atoms with Gasteiger partial charge in [0.05, 0.1) is 0 Å². The predicted octanol–water partition coefficient (Wildman–Crippen LogP) is 6.47. The number of hydrogen-bond donors (Lipinski definition) is 1. The van der Waals surface area contributed by atoms with Crippen molar-refractivity contribution < 1.29 is 9.53 Å². The highest BCUT2D eigenvalue weighted by atomic mass is 16.5. The van der Waals surface area contributed by atoms with E-state index in [1.165, 1.54) is 49.7 Å². The van der Waals surface area contributed by atoms with Crippen LogP contribution in [0.3, 0.4) is 0 Å². The zero-order valence-electron chi connectivity index (χ0n) is 19.1. The average molecular weight is 418 g/mol. The number of carbonyl (C=O) groups excluding carboxylic acids is 1. The molecule has 4 saturated carbocycles. The number of hydrogen-bond acceptors (Lipinski definition) is 2. The first kappa shape index (κ1) is 20.6. The Morgan fingerprint density at radius 2 is 1.45 bits per heavy atom. The van der Waals surface area contributed by atoms with Crippen molar-refractivity contribution in [1.82, 2.24) is 0 Å². The van der Waals surface area contributed by atoms with Crippen molar-refractivity contribution in [1.29, 1.82) is 0 Å². The molecule has 2 aromatic carbocycles. The van der Waals surface area contributed by atoms with Gasteiger partial charge in [-0.25, -0.2) is 0 Å². The number of rotatable bonds is 5. The zero-order valence-corrected chi connectivity index (χ0v) is 19.1. The lowest BCUT2D eigenvalue weighted by Crippen LogP contribution is -2.48. The Morgan fingerprint density at radius 3 is 1.97 bits per heavy atom. The van der Waals surface area contributed by atoms with E-state index in [4.69, 9.17) is 4.74 Å². The lowest BCUT2D eigenvalue weighted by Gasteiger charge is -2.57. The molecular formula is C28H35NO2. The number of carbonyl (C=O) groups is 1. The molecule has 0 aliphatic heterocycles. The molecule has 0 spiro atoms. The van der Waals surface area contributed by atoms with Crippen molar-refractivity contribution in [2.75, 3.05) is 11.9 Å². The maximum atomic E-state index is 12.4. The van der Waals surface area contributed by atoms with Crippen LogP contribution >= 0.6 is 0 Å². The van der Waals surface area contributed by atoms with E-state index < -0.39 is 0 Å². The molecule has 0 atom stereocenters. The Morgan fingerprint density at radius 1 is 0.903 bits per heavy atom. The average Bonchev–Trinajstić information content (AvgIpc) is 2.71. The van der Waals surface area contributed by atoms with Gasteiger partial charge in [-0.2, -0.15) is 0 Å². The molecule has 4 fully saturated rings. The van der Waals surface area contributed by atoms with E-state index >= 15 is 0 Å². The van der Waals surface area contributed by atoms with Crippen molar-refractivity contribution in [2.45, 2.75) is 70.1 Å². The van der Waals surface area contributed by atoms with E-state index in [-0.39, 0.29) is 17.9 Å². The van der Waals surface area contributed by atoms with Gasteiger partial charge in [0, 0.05) is 5.69 Å². The molecule has 0 saturated heterocycles. The fraction of sp³-hybridized carbons (Fsp3) is 0.536. The van der Waals surface area contributed by atoms with Crippen LogP contribution in [0.5, 0.6) is 5.75 Å². The van der Waals surface area contributed by atoms with Crippen molar-refractivity contribution >= 4 is 11.6 Å². The lowest BCUT2D eigenvalue weighted by atomic mass is 9.48. The quantitative estimate of drug-likeness (QED) is 0.605. The fourth-order valence-corrected chi connectivity index (χ4v) is 6.77. The summed E-state index contributed by atoms with van der Waals surface area (Å²) in [5, 5.41) is 2.98. The van der Waals surface area contributed by atoms with Gasteiger partial charge in [-0.3, -0.25) is 4.79 Å². The minimum atomic E-state index is -0.123. The maximum absolute atomic E-state index is 12.4. The van der Waals surface area contributed by atoms with Crippen LogP contribution in [0.2, 0.25) is 0 Å². The van der Waals surface area contributed by atoms with Crippen LogP contribution in [0, 0.1) is 17.8 Å². The van der Waals surface area contributed by atoms with Crippen LogP contribution < -0.4 is 10.1 Å². The molecule has 4 aliphatic carbocycles. The summed E-state index contributed by atoms with van der Waals surface area (Å²) in [5.74, 6) is 3.43. The molecule has 3 heteroatoms. The minimum absolute atomic E-state index is 0.0194. The van der Waals surface area contributed by atoms with Gasteiger partial charge in [0.15, 0.2) is 6.61 Å². The van der Waals surface area contributed by atoms with Crippen molar-refractivity contribution in [3.05, 3.63) is 59.7 Å². The largest absolute Gasteiger partial charge is 0.484 e. The van der Waals surface area contributed by atoms with Crippen molar-refractivity contribution in [2.24, 2.45) is 17.8 Å².